The van der Waals surface area contributed by atoms with Gasteiger partial charge in [-0.05, 0) is 12.8 Å². The molecule has 1 atom stereocenters. The summed E-state index contributed by atoms with van der Waals surface area (Å²) >= 11 is 0. The highest BCUT2D eigenvalue weighted by atomic mass is 32.2. The van der Waals surface area contributed by atoms with E-state index >= 15 is 0 Å². The minimum Gasteiger partial charge on any atom is -0.386 e. The molecule has 1 saturated heterocycles. The van der Waals surface area contributed by atoms with Crippen molar-refractivity contribution in [3.63, 3.8) is 0 Å². The molecule has 0 radical (unpaired) electrons. The second kappa shape index (κ2) is 7.41. The van der Waals surface area contributed by atoms with Gasteiger partial charge in [-0.15, -0.1) is 0 Å². The zero-order valence-electron chi connectivity index (χ0n) is 13.8. The second-order valence-corrected chi connectivity index (χ2v) is 7.99. The molecule has 2 N–H and O–H groups in total. The largest absolute Gasteiger partial charge is 0.386 e. The van der Waals surface area contributed by atoms with Gasteiger partial charge in [-0.3, -0.25) is 9.78 Å². The molecule has 9 nitrogen and oxygen atoms in total. The van der Waals surface area contributed by atoms with Crippen LogP contribution in [0, 0.1) is 0 Å². The number of piperidine rings is 1. The number of carbonyl (C=O) groups is 1. The van der Waals surface area contributed by atoms with Crippen LogP contribution < -0.4 is 9.62 Å². The van der Waals surface area contributed by atoms with Crippen molar-refractivity contribution in [2.75, 3.05) is 44.4 Å². The van der Waals surface area contributed by atoms with Crippen LogP contribution in [-0.2, 0) is 14.8 Å². The van der Waals surface area contributed by atoms with Gasteiger partial charge in [0.1, 0.15) is 5.82 Å². The molecule has 1 aromatic rings. The summed E-state index contributed by atoms with van der Waals surface area (Å²) in [6.45, 7) is 0.893. The molecule has 1 fully saturated rings. The topological polar surface area (TPSA) is 116 Å². The second-order valence-electron chi connectivity index (χ2n) is 6.16. The molecule has 2 heterocycles. The Morgan fingerprint density at radius 2 is 2.25 bits per heavy atom. The maximum absolute atomic E-state index is 12.0. The van der Waals surface area contributed by atoms with Crippen LogP contribution in [0.2, 0.25) is 0 Å². The van der Waals surface area contributed by atoms with Gasteiger partial charge in [-0.1, -0.05) is 0 Å². The fourth-order valence-corrected chi connectivity index (χ4v) is 3.13. The zero-order valence-corrected chi connectivity index (χ0v) is 14.7. The van der Waals surface area contributed by atoms with Gasteiger partial charge in [0.15, 0.2) is 0 Å². The van der Waals surface area contributed by atoms with Gasteiger partial charge in [0.05, 0.1) is 31.1 Å². The van der Waals surface area contributed by atoms with Gasteiger partial charge in [-0.2, -0.15) is 0 Å². The average molecular weight is 357 g/mol. The lowest BCUT2D eigenvalue weighted by atomic mass is 9.92. The zero-order chi connectivity index (χ0) is 17.8. The highest BCUT2D eigenvalue weighted by Gasteiger charge is 2.36. The van der Waals surface area contributed by atoms with Crippen molar-refractivity contribution in [2.24, 2.45) is 0 Å². The van der Waals surface area contributed by atoms with Gasteiger partial charge in [0.2, 0.25) is 15.9 Å². The summed E-state index contributed by atoms with van der Waals surface area (Å²) in [5.74, 6) is 0.286. The van der Waals surface area contributed by atoms with E-state index in [1.807, 2.05) is 4.90 Å². The normalized spacial score (nSPS) is 21.5. The van der Waals surface area contributed by atoms with E-state index in [1.54, 1.807) is 25.6 Å². The monoisotopic (exact) mass is 357 g/mol. The number of anilines is 1. The molecule has 0 spiro atoms. The number of aromatic nitrogens is 2. The van der Waals surface area contributed by atoms with Crippen LogP contribution in [0.1, 0.15) is 12.8 Å². The molecule has 1 aliphatic rings. The number of nitrogens with zero attached hydrogens (tertiary/aromatic N) is 4. The van der Waals surface area contributed by atoms with E-state index in [1.165, 1.54) is 4.90 Å². The number of aliphatic hydroxyl groups is 1. The first-order chi connectivity index (χ1) is 11.2. The van der Waals surface area contributed by atoms with Crippen molar-refractivity contribution >= 4 is 21.7 Å². The van der Waals surface area contributed by atoms with E-state index in [0.29, 0.717) is 18.8 Å². The highest BCUT2D eigenvalue weighted by Crippen LogP contribution is 2.25. The molecule has 10 heteroatoms. The van der Waals surface area contributed by atoms with E-state index < -0.39 is 21.5 Å². The summed E-state index contributed by atoms with van der Waals surface area (Å²) in [6.07, 6.45) is 7.12. The first-order valence-electron chi connectivity index (χ1n) is 7.60. The lowest BCUT2D eigenvalue weighted by Crippen LogP contribution is -2.55. The minimum absolute atomic E-state index is 0.119. The van der Waals surface area contributed by atoms with E-state index in [9.17, 15) is 18.3 Å². The van der Waals surface area contributed by atoms with E-state index in [0.717, 1.165) is 19.2 Å². The Hall–Kier alpha value is -1.78. The third-order valence-corrected chi connectivity index (χ3v) is 4.54. The lowest BCUT2D eigenvalue weighted by molar-refractivity contribution is -0.132. The number of sulfonamides is 1. The number of carbonyl (C=O) groups excluding carboxylic acids is 1. The van der Waals surface area contributed by atoms with Gasteiger partial charge in [0.25, 0.3) is 0 Å². The molecular formula is C14H23N5O4S. The summed E-state index contributed by atoms with van der Waals surface area (Å²) < 4.78 is 24.3. The molecule has 0 aliphatic carbocycles. The molecule has 1 amide bonds. The van der Waals surface area contributed by atoms with Crippen LogP contribution >= 0.6 is 0 Å². The van der Waals surface area contributed by atoms with Gasteiger partial charge in [0, 0.05) is 32.5 Å². The molecule has 24 heavy (non-hydrogen) atoms. The Morgan fingerprint density at radius 3 is 2.88 bits per heavy atom. The minimum atomic E-state index is -3.43. The molecule has 0 bridgehead atoms. The number of hydrogen-bond acceptors (Lipinski definition) is 7. The highest BCUT2D eigenvalue weighted by molar-refractivity contribution is 7.88. The Balaban J connectivity index is 1.96. The lowest BCUT2D eigenvalue weighted by Gasteiger charge is -2.41. The van der Waals surface area contributed by atoms with Crippen molar-refractivity contribution in [1.82, 2.24) is 19.6 Å². The Labute approximate surface area is 141 Å². The van der Waals surface area contributed by atoms with Crippen LogP contribution in [-0.4, -0.2) is 79.4 Å². The predicted octanol–water partition coefficient (Wildman–Crippen LogP) is -1.18. The quantitative estimate of drug-likeness (QED) is 0.658. The van der Waals surface area contributed by atoms with Crippen LogP contribution in [0.3, 0.4) is 0 Å². The number of nitrogens with one attached hydrogen (secondary N) is 1. The van der Waals surface area contributed by atoms with E-state index in [4.69, 9.17) is 0 Å². The number of rotatable bonds is 6. The van der Waals surface area contributed by atoms with Gasteiger partial charge in [-0.25, -0.2) is 18.1 Å². The Bertz CT molecular complexity index is 669. The number of likely N-dealkylation sites (N-methyl/N-ethyl adjacent to an activating group) is 1. The standard InChI is InChI=1S/C14H23N5O4S/c1-18(13(20)9-17-24(2,22)23)10-14(21)4-3-7-19(11-14)12-8-15-5-6-16-12/h5-6,8,17,21H,3-4,7,9-11H2,1-2H3. The molecule has 1 aliphatic heterocycles. The number of hydrogen-bond donors (Lipinski definition) is 2. The van der Waals surface area contributed by atoms with E-state index in [-0.39, 0.29) is 13.1 Å². The Kier molecular flexibility index (Phi) is 5.73. The Morgan fingerprint density at radius 1 is 1.50 bits per heavy atom. The van der Waals surface area contributed by atoms with Crippen molar-refractivity contribution in [3.05, 3.63) is 18.6 Å². The van der Waals surface area contributed by atoms with Crippen molar-refractivity contribution in [3.8, 4) is 0 Å². The van der Waals surface area contributed by atoms with Crippen LogP contribution in [0.5, 0.6) is 0 Å². The third kappa shape index (κ3) is 5.39. The first-order valence-corrected chi connectivity index (χ1v) is 9.50. The molecule has 1 unspecified atom stereocenters. The third-order valence-electron chi connectivity index (χ3n) is 3.87. The van der Waals surface area contributed by atoms with Gasteiger partial charge < -0.3 is 14.9 Å². The summed E-state index contributed by atoms with van der Waals surface area (Å²) in [6, 6.07) is 0. The molecular weight excluding hydrogens is 334 g/mol. The van der Waals surface area contributed by atoms with Gasteiger partial charge >= 0.3 is 0 Å². The van der Waals surface area contributed by atoms with Crippen LogP contribution in [0.4, 0.5) is 5.82 Å². The van der Waals surface area contributed by atoms with Crippen LogP contribution in [0.25, 0.3) is 0 Å². The molecule has 134 valence electrons. The number of amides is 1. The predicted molar refractivity (Wildman–Crippen MR) is 88.9 cm³/mol. The fourth-order valence-electron chi connectivity index (χ4n) is 2.75. The first kappa shape index (κ1) is 18.6. The average Bonchev–Trinajstić information content (AvgIpc) is 2.52. The maximum Gasteiger partial charge on any atom is 0.237 e. The summed E-state index contributed by atoms with van der Waals surface area (Å²) in [5, 5.41) is 10.8. The maximum atomic E-state index is 12.0. The summed E-state index contributed by atoms with van der Waals surface area (Å²) in [7, 11) is -1.88. The summed E-state index contributed by atoms with van der Waals surface area (Å²) in [4.78, 5) is 23.6. The smallest absolute Gasteiger partial charge is 0.237 e. The molecule has 2 rings (SSSR count). The summed E-state index contributed by atoms with van der Waals surface area (Å²) in [5.41, 5.74) is -1.08. The van der Waals surface area contributed by atoms with Crippen molar-refractivity contribution < 1.29 is 18.3 Å². The molecule has 0 aromatic carbocycles. The SMILES string of the molecule is CN(CC1(O)CCCN(c2cnccn2)C1)C(=O)CNS(C)(=O)=O. The van der Waals surface area contributed by atoms with Crippen molar-refractivity contribution in [1.29, 1.82) is 0 Å². The van der Waals surface area contributed by atoms with Crippen molar-refractivity contribution in [2.45, 2.75) is 18.4 Å². The molecule has 1 aromatic heterocycles. The molecule has 0 saturated carbocycles. The fraction of sp³-hybridized carbons (Fsp3) is 0.643. The van der Waals surface area contributed by atoms with Crippen LogP contribution in [0.15, 0.2) is 18.6 Å². The van der Waals surface area contributed by atoms with E-state index in [2.05, 4.69) is 14.7 Å². The number of β-amino-alcohol motifs (C(OH)–C–C–N with tert-alkyl or cyclic N) is 1.